The molecule has 0 spiro atoms. The first-order chi connectivity index (χ1) is 8.60. The second-order valence-corrected chi connectivity index (χ2v) is 4.80. The summed E-state index contributed by atoms with van der Waals surface area (Å²) in [6, 6.07) is 14.6. The highest BCUT2D eigenvalue weighted by molar-refractivity contribution is 9.10. The van der Waals surface area contributed by atoms with Crippen molar-refractivity contribution in [2.75, 3.05) is 11.9 Å². The van der Waals surface area contributed by atoms with Crippen LogP contribution in [0.1, 0.15) is 5.56 Å². The molecular weight excluding hydrogens is 292 g/mol. The number of nitrogens with zero attached hydrogens (tertiary/aromatic N) is 2. The van der Waals surface area contributed by atoms with Crippen LogP contribution in [0.5, 0.6) is 5.75 Å². The van der Waals surface area contributed by atoms with Crippen LogP contribution < -0.4 is 4.90 Å². The average Bonchev–Trinajstić information content (AvgIpc) is 2.38. The maximum atomic E-state index is 9.27. The normalized spacial score (nSPS) is 9.83. The van der Waals surface area contributed by atoms with Crippen LogP contribution in [0.25, 0.3) is 0 Å². The van der Waals surface area contributed by atoms with Crippen molar-refractivity contribution in [3.05, 3.63) is 52.5 Å². The van der Waals surface area contributed by atoms with Gasteiger partial charge >= 0.3 is 0 Å². The molecule has 0 saturated carbocycles. The van der Waals surface area contributed by atoms with Gasteiger partial charge in [-0.1, -0.05) is 15.9 Å². The summed E-state index contributed by atoms with van der Waals surface area (Å²) in [6.45, 7) is 0. The number of phenols is 1. The van der Waals surface area contributed by atoms with Gasteiger partial charge in [-0.25, -0.2) is 0 Å². The zero-order valence-corrected chi connectivity index (χ0v) is 11.3. The molecule has 1 N–H and O–H groups in total. The maximum absolute atomic E-state index is 9.27. The molecule has 0 saturated heterocycles. The van der Waals surface area contributed by atoms with E-state index in [4.69, 9.17) is 5.26 Å². The van der Waals surface area contributed by atoms with Gasteiger partial charge in [0.1, 0.15) is 5.75 Å². The third kappa shape index (κ3) is 2.63. The van der Waals surface area contributed by atoms with Crippen molar-refractivity contribution < 1.29 is 5.11 Å². The summed E-state index contributed by atoms with van der Waals surface area (Å²) in [4.78, 5) is 1.95. The summed E-state index contributed by atoms with van der Waals surface area (Å²) in [5, 5.41) is 18.2. The number of benzene rings is 2. The lowest BCUT2D eigenvalue weighted by Gasteiger charge is -2.20. The van der Waals surface area contributed by atoms with Gasteiger partial charge in [-0.2, -0.15) is 5.26 Å². The Bertz CT molecular complexity index is 602. The Balaban J connectivity index is 2.39. The molecule has 2 aromatic rings. The van der Waals surface area contributed by atoms with E-state index in [2.05, 4.69) is 22.0 Å². The van der Waals surface area contributed by atoms with Crippen molar-refractivity contribution >= 4 is 27.3 Å². The summed E-state index contributed by atoms with van der Waals surface area (Å²) in [5.41, 5.74) is 2.45. The van der Waals surface area contributed by atoms with E-state index in [1.54, 1.807) is 18.2 Å². The fraction of sp³-hybridized carbons (Fsp3) is 0.0714. The molecule has 3 nitrogen and oxygen atoms in total. The Labute approximate surface area is 114 Å². The van der Waals surface area contributed by atoms with Crippen LogP contribution in [0, 0.1) is 11.3 Å². The molecule has 4 heteroatoms. The first-order valence-electron chi connectivity index (χ1n) is 5.33. The van der Waals surface area contributed by atoms with Crippen LogP contribution in [0.4, 0.5) is 11.4 Å². The van der Waals surface area contributed by atoms with Gasteiger partial charge in [-0.15, -0.1) is 0 Å². The van der Waals surface area contributed by atoms with Crippen molar-refractivity contribution in [1.29, 1.82) is 5.26 Å². The molecule has 0 bridgehead atoms. The van der Waals surface area contributed by atoms with Crippen LogP contribution in [0.2, 0.25) is 0 Å². The molecule has 0 aliphatic carbocycles. The van der Waals surface area contributed by atoms with Crippen LogP contribution in [0.15, 0.2) is 46.9 Å². The van der Waals surface area contributed by atoms with E-state index in [0.717, 1.165) is 15.8 Å². The molecule has 0 unspecified atom stereocenters. The van der Waals surface area contributed by atoms with Gasteiger partial charge in [0.15, 0.2) is 0 Å². The van der Waals surface area contributed by atoms with Gasteiger partial charge in [0.2, 0.25) is 0 Å². The minimum Gasteiger partial charge on any atom is -0.508 e. The van der Waals surface area contributed by atoms with Crippen molar-refractivity contribution in [2.24, 2.45) is 0 Å². The van der Waals surface area contributed by atoms with Crippen molar-refractivity contribution in [2.45, 2.75) is 0 Å². The first kappa shape index (κ1) is 12.5. The highest BCUT2D eigenvalue weighted by atomic mass is 79.9. The van der Waals surface area contributed by atoms with E-state index < -0.39 is 0 Å². The standard InChI is InChI=1S/C14H11BrN2O/c1-17(12-2-4-14(18)5-3-12)13-7-10(9-16)6-11(15)8-13/h2-8,18H,1H3. The highest BCUT2D eigenvalue weighted by Crippen LogP contribution is 2.28. The van der Waals surface area contributed by atoms with Crippen LogP contribution in [-0.2, 0) is 0 Å². The Morgan fingerprint density at radius 3 is 2.39 bits per heavy atom. The van der Waals surface area contributed by atoms with Gasteiger partial charge in [-0.05, 0) is 42.5 Å². The number of halogens is 1. The van der Waals surface area contributed by atoms with E-state index in [1.807, 2.05) is 36.2 Å². The van der Waals surface area contributed by atoms with E-state index in [-0.39, 0.29) is 5.75 Å². The molecule has 0 aliphatic heterocycles. The highest BCUT2D eigenvalue weighted by Gasteiger charge is 2.06. The van der Waals surface area contributed by atoms with E-state index >= 15 is 0 Å². The van der Waals surface area contributed by atoms with Gasteiger partial charge in [0.25, 0.3) is 0 Å². The Morgan fingerprint density at radius 1 is 1.11 bits per heavy atom. The van der Waals surface area contributed by atoms with Crippen LogP contribution in [-0.4, -0.2) is 12.2 Å². The number of hydrogen-bond acceptors (Lipinski definition) is 3. The van der Waals surface area contributed by atoms with Gasteiger partial charge < -0.3 is 10.0 Å². The lowest BCUT2D eigenvalue weighted by molar-refractivity contribution is 0.475. The SMILES string of the molecule is CN(c1ccc(O)cc1)c1cc(Br)cc(C#N)c1. The van der Waals surface area contributed by atoms with Crippen LogP contribution in [0.3, 0.4) is 0 Å². The molecule has 0 heterocycles. The third-order valence-electron chi connectivity index (χ3n) is 2.64. The number of phenolic OH excluding ortho intramolecular Hbond substituents is 1. The molecule has 2 rings (SSSR count). The summed E-state index contributed by atoms with van der Waals surface area (Å²) in [7, 11) is 1.91. The molecule has 0 amide bonds. The first-order valence-corrected chi connectivity index (χ1v) is 6.13. The van der Waals surface area contributed by atoms with Crippen molar-refractivity contribution in [1.82, 2.24) is 0 Å². The predicted molar refractivity (Wildman–Crippen MR) is 75.0 cm³/mol. The largest absolute Gasteiger partial charge is 0.508 e. The Kier molecular flexibility index (Phi) is 3.54. The summed E-state index contributed by atoms with van der Waals surface area (Å²) in [5.74, 6) is 0.235. The minimum atomic E-state index is 0.235. The zero-order valence-electron chi connectivity index (χ0n) is 9.76. The number of rotatable bonds is 2. The fourth-order valence-electron chi connectivity index (χ4n) is 1.66. The summed E-state index contributed by atoms with van der Waals surface area (Å²) < 4.78 is 0.863. The maximum Gasteiger partial charge on any atom is 0.115 e. The average molecular weight is 303 g/mol. The molecule has 0 fully saturated rings. The van der Waals surface area contributed by atoms with Gasteiger partial charge in [-0.3, -0.25) is 0 Å². The van der Waals surface area contributed by atoms with Crippen molar-refractivity contribution in [3.8, 4) is 11.8 Å². The number of hydrogen-bond donors (Lipinski definition) is 1. The predicted octanol–water partition coefficient (Wildman–Crippen LogP) is 3.79. The Morgan fingerprint density at radius 2 is 1.78 bits per heavy atom. The van der Waals surface area contributed by atoms with Crippen LogP contribution >= 0.6 is 15.9 Å². The van der Waals surface area contributed by atoms with Crippen molar-refractivity contribution in [3.63, 3.8) is 0 Å². The second-order valence-electron chi connectivity index (χ2n) is 3.89. The van der Waals surface area contributed by atoms with Gasteiger partial charge in [0.05, 0.1) is 11.6 Å². The second kappa shape index (κ2) is 5.11. The lowest BCUT2D eigenvalue weighted by atomic mass is 10.2. The topological polar surface area (TPSA) is 47.3 Å². The smallest absolute Gasteiger partial charge is 0.115 e. The van der Waals surface area contributed by atoms with E-state index in [9.17, 15) is 5.11 Å². The molecule has 0 atom stereocenters. The molecule has 0 radical (unpaired) electrons. The zero-order chi connectivity index (χ0) is 13.1. The molecule has 18 heavy (non-hydrogen) atoms. The number of anilines is 2. The van der Waals surface area contributed by atoms with Gasteiger partial charge in [0, 0.05) is 22.9 Å². The number of nitriles is 1. The molecule has 2 aromatic carbocycles. The fourth-order valence-corrected chi connectivity index (χ4v) is 2.14. The molecular formula is C14H11BrN2O. The minimum absolute atomic E-state index is 0.235. The quantitative estimate of drug-likeness (QED) is 0.918. The molecule has 90 valence electrons. The van der Waals surface area contributed by atoms with E-state index in [1.165, 1.54) is 0 Å². The third-order valence-corrected chi connectivity index (χ3v) is 3.09. The summed E-state index contributed by atoms with van der Waals surface area (Å²) in [6.07, 6.45) is 0. The number of aromatic hydroxyl groups is 1. The summed E-state index contributed by atoms with van der Waals surface area (Å²) >= 11 is 3.39. The lowest BCUT2D eigenvalue weighted by Crippen LogP contribution is -2.09. The molecule has 0 aliphatic rings. The molecule has 0 aromatic heterocycles. The van der Waals surface area contributed by atoms with E-state index in [0.29, 0.717) is 5.56 Å². The monoisotopic (exact) mass is 302 g/mol. The Hall–Kier alpha value is -1.99.